The van der Waals surface area contributed by atoms with E-state index in [1.165, 1.54) is 0 Å². The summed E-state index contributed by atoms with van der Waals surface area (Å²) in [5, 5.41) is 6.77. The average Bonchev–Trinajstić information content (AvgIpc) is 3.25. The molecule has 1 heterocycles. The van der Waals surface area contributed by atoms with Gasteiger partial charge in [-0.15, -0.1) is 0 Å². The summed E-state index contributed by atoms with van der Waals surface area (Å²) in [5.74, 6) is 1.84. The molecule has 0 saturated carbocycles. The summed E-state index contributed by atoms with van der Waals surface area (Å²) < 4.78 is 5.92. The molecule has 0 aromatic heterocycles. The lowest BCUT2D eigenvalue weighted by Gasteiger charge is -2.18. The van der Waals surface area contributed by atoms with Crippen molar-refractivity contribution in [1.29, 1.82) is 0 Å². The highest BCUT2D eigenvalue weighted by molar-refractivity contribution is 5.80. The number of ether oxygens (including phenoxy) is 1. The number of hydrogen-bond donors (Lipinski definition) is 2. The van der Waals surface area contributed by atoms with E-state index in [0.717, 1.165) is 48.9 Å². The van der Waals surface area contributed by atoms with Gasteiger partial charge in [-0.25, -0.2) is 4.99 Å². The van der Waals surface area contributed by atoms with Gasteiger partial charge in [0, 0.05) is 32.1 Å². The molecule has 1 atom stereocenters. The molecule has 0 spiro atoms. The first kappa shape index (κ1) is 21.7. The fraction of sp³-hybridized carbons (Fsp3) is 0.417. The molecule has 0 radical (unpaired) electrons. The highest BCUT2D eigenvalue weighted by atomic mass is 16.5. The van der Waals surface area contributed by atoms with Gasteiger partial charge in [0.1, 0.15) is 12.4 Å². The molecule has 1 saturated heterocycles. The molecule has 1 fully saturated rings. The van der Waals surface area contributed by atoms with Gasteiger partial charge in [0.15, 0.2) is 5.96 Å². The second-order valence-electron chi connectivity index (χ2n) is 7.44. The molecule has 30 heavy (non-hydrogen) atoms. The highest BCUT2D eigenvalue weighted by Gasteiger charge is 2.25. The third-order valence-corrected chi connectivity index (χ3v) is 5.09. The second-order valence-corrected chi connectivity index (χ2v) is 7.44. The van der Waals surface area contributed by atoms with Crippen LogP contribution in [0.25, 0.3) is 0 Å². The fourth-order valence-corrected chi connectivity index (χ4v) is 3.49. The topological polar surface area (TPSA) is 66.0 Å². The van der Waals surface area contributed by atoms with E-state index in [9.17, 15) is 4.79 Å². The molecule has 1 amide bonds. The summed E-state index contributed by atoms with van der Waals surface area (Å²) >= 11 is 0. The smallest absolute Gasteiger partial charge is 0.222 e. The molecule has 2 aromatic carbocycles. The Labute approximate surface area is 179 Å². The van der Waals surface area contributed by atoms with Crippen molar-refractivity contribution in [3.05, 3.63) is 65.7 Å². The number of benzene rings is 2. The van der Waals surface area contributed by atoms with Gasteiger partial charge in [0.2, 0.25) is 5.91 Å². The maximum Gasteiger partial charge on any atom is 0.222 e. The molecule has 1 aliphatic rings. The number of aliphatic imine (C=N–C) groups is 1. The minimum atomic E-state index is 0.216. The van der Waals surface area contributed by atoms with Crippen molar-refractivity contribution in [3.63, 3.8) is 0 Å². The molecule has 0 bridgehead atoms. The predicted octanol–water partition coefficient (Wildman–Crippen LogP) is 3.33. The quantitative estimate of drug-likeness (QED) is 0.519. The van der Waals surface area contributed by atoms with Gasteiger partial charge >= 0.3 is 0 Å². The average molecular weight is 409 g/mol. The van der Waals surface area contributed by atoms with Crippen LogP contribution in [0.2, 0.25) is 0 Å². The number of guanidine groups is 1. The normalized spacial score (nSPS) is 16.4. The molecule has 160 valence electrons. The summed E-state index contributed by atoms with van der Waals surface area (Å²) in [4.78, 5) is 18.6. The zero-order chi connectivity index (χ0) is 21.2. The van der Waals surface area contributed by atoms with Crippen molar-refractivity contribution >= 4 is 11.9 Å². The van der Waals surface area contributed by atoms with Crippen molar-refractivity contribution in [2.45, 2.75) is 45.9 Å². The zero-order valence-corrected chi connectivity index (χ0v) is 17.9. The van der Waals surface area contributed by atoms with Crippen LogP contribution in [-0.4, -0.2) is 42.4 Å². The van der Waals surface area contributed by atoms with Gasteiger partial charge in [-0.2, -0.15) is 0 Å². The Bertz CT molecular complexity index is 838. The third-order valence-electron chi connectivity index (χ3n) is 5.09. The van der Waals surface area contributed by atoms with Gasteiger partial charge in [-0.05, 0) is 36.6 Å². The number of amides is 1. The Morgan fingerprint density at radius 1 is 1.13 bits per heavy atom. The Balaban J connectivity index is 1.56. The molecule has 3 rings (SSSR count). The molecule has 0 aliphatic carbocycles. The fourth-order valence-electron chi connectivity index (χ4n) is 3.49. The number of carbonyl (C=O) groups excluding carboxylic acids is 1. The van der Waals surface area contributed by atoms with E-state index in [-0.39, 0.29) is 11.9 Å². The van der Waals surface area contributed by atoms with Crippen LogP contribution in [0, 0.1) is 0 Å². The number of nitrogens with zero attached hydrogens (tertiary/aromatic N) is 2. The molecule has 2 N–H and O–H groups in total. The van der Waals surface area contributed by atoms with Crippen LogP contribution in [0.1, 0.15) is 37.8 Å². The van der Waals surface area contributed by atoms with Crippen molar-refractivity contribution in [2.24, 2.45) is 4.99 Å². The molecule has 6 nitrogen and oxygen atoms in total. The van der Waals surface area contributed by atoms with E-state index in [4.69, 9.17) is 9.73 Å². The lowest BCUT2D eigenvalue weighted by molar-refractivity contribution is -0.129. The van der Waals surface area contributed by atoms with E-state index < -0.39 is 0 Å². The SMILES string of the molecule is CCNC(=NCc1cccc(OCc2ccccc2)c1)NC1CCN(C(=O)CC)C1. The first-order valence-electron chi connectivity index (χ1n) is 10.8. The molecule has 6 heteroatoms. The minimum Gasteiger partial charge on any atom is -0.489 e. The monoisotopic (exact) mass is 408 g/mol. The Morgan fingerprint density at radius 3 is 2.70 bits per heavy atom. The number of likely N-dealkylation sites (tertiary alicyclic amines) is 1. The summed E-state index contributed by atoms with van der Waals surface area (Å²) in [6.45, 7) is 7.40. The summed E-state index contributed by atoms with van der Waals surface area (Å²) in [7, 11) is 0. The van der Waals surface area contributed by atoms with Crippen molar-refractivity contribution in [3.8, 4) is 5.75 Å². The van der Waals surface area contributed by atoms with Crippen LogP contribution in [0.4, 0.5) is 0 Å². The van der Waals surface area contributed by atoms with E-state index >= 15 is 0 Å². The van der Waals surface area contributed by atoms with Crippen LogP contribution < -0.4 is 15.4 Å². The van der Waals surface area contributed by atoms with Gasteiger partial charge < -0.3 is 20.3 Å². The van der Waals surface area contributed by atoms with E-state index in [1.54, 1.807) is 0 Å². The molecular formula is C24H32N4O2. The van der Waals surface area contributed by atoms with E-state index in [1.807, 2.05) is 48.2 Å². The third kappa shape index (κ3) is 6.51. The van der Waals surface area contributed by atoms with Crippen molar-refractivity contribution in [1.82, 2.24) is 15.5 Å². The first-order chi connectivity index (χ1) is 14.7. The van der Waals surface area contributed by atoms with Crippen LogP contribution in [0.15, 0.2) is 59.6 Å². The van der Waals surface area contributed by atoms with Gasteiger partial charge in [-0.1, -0.05) is 49.4 Å². The van der Waals surface area contributed by atoms with Crippen LogP contribution in [0.5, 0.6) is 5.75 Å². The van der Waals surface area contributed by atoms with Crippen molar-refractivity contribution < 1.29 is 9.53 Å². The lowest BCUT2D eigenvalue weighted by atomic mass is 10.2. The lowest BCUT2D eigenvalue weighted by Crippen LogP contribution is -2.45. The standard InChI is InChI=1S/C24H32N4O2/c1-3-23(29)28-14-13-21(17-28)27-24(25-4-2)26-16-20-11-8-12-22(15-20)30-18-19-9-6-5-7-10-19/h5-12,15,21H,3-4,13-14,16-18H2,1-2H3,(H2,25,26,27). The highest BCUT2D eigenvalue weighted by Crippen LogP contribution is 2.16. The van der Waals surface area contributed by atoms with Gasteiger partial charge in [0.05, 0.1) is 6.54 Å². The van der Waals surface area contributed by atoms with E-state index in [0.29, 0.717) is 19.6 Å². The predicted molar refractivity (Wildman–Crippen MR) is 120 cm³/mol. The Hall–Kier alpha value is -3.02. The minimum absolute atomic E-state index is 0.216. The molecule has 1 unspecified atom stereocenters. The van der Waals surface area contributed by atoms with Gasteiger partial charge in [-0.3, -0.25) is 4.79 Å². The van der Waals surface area contributed by atoms with Crippen LogP contribution >= 0.6 is 0 Å². The number of hydrogen-bond acceptors (Lipinski definition) is 3. The van der Waals surface area contributed by atoms with Crippen molar-refractivity contribution in [2.75, 3.05) is 19.6 Å². The second kappa shape index (κ2) is 11.2. The van der Waals surface area contributed by atoms with E-state index in [2.05, 4.69) is 35.8 Å². The maximum absolute atomic E-state index is 11.9. The van der Waals surface area contributed by atoms with Crippen LogP contribution in [0.3, 0.4) is 0 Å². The maximum atomic E-state index is 11.9. The first-order valence-corrected chi connectivity index (χ1v) is 10.8. The van der Waals surface area contributed by atoms with Crippen LogP contribution in [-0.2, 0) is 17.9 Å². The number of carbonyl (C=O) groups is 1. The summed E-state index contributed by atoms with van der Waals surface area (Å²) in [6.07, 6.45) is 1.50. The van der Waals surface area contributed by atoms with Gasteiger partial charge in [0.25, 0.3) is 0 Å². The largest absolute Gasteiger partial charge is 0.489 e. The molecule has 2 aromatic rings. The Morgan fingerprint density at radius 2 is 1.93 bits per heavy atom. The Kier molecular flexibility index (Phi) is 8.12. The molecular weight excluding hydrogens is 376 g/mol. The summed E-state index contributed by atoms with van der Waals surface area (Å²) in [5.41, 5.74) is 2.23. The number of nitrogens with one attached hydrogen (secondary N) is 2. The molecule has 1 aliphatic heterocycles. The zero-order valence-electron chi connectivity index (χ0n) is 17.9. The summed E-state index contributed by atoms with van der Waals surface area (Å²) in [6, 6.07) is 18.4. The number of rotatable bonds is 8.